The number of benzene rings is 2. The number of rotatable bonds is 7. The fourth-order valence-electron chi connectivity index (χ4n) is 3.07. The van der Waals surface area contributed by atoms with Gasteiger partial charge in [-0.1, -0.05) is 60.3 Å². The van der Waals surface area contributed by atoms with Crippen LogP contribution in [0.4, 0.5) is 18.9 Å². The highest BCUT2D eigenvalue weighted by molar-refractivity contribution is 7.99. The van der Waals surface area contributed by atoms with Crippen LogP contribution in [0.3, 0.4) is 0 Å². The molecule has 2 aromatic carbocycles. The molecule has 0 saturated heterocycles. The standard InChI is InChI=1S/C23H18F3N5OS/c24-23(25,26)17-11-12-27-19(13-17)21-29-30-22(31(21)14-16-7-3-1-4-8-16)33-15-20(32)28-18-9-5-2-6-10-18/h1-13H,14-15H2,(H,28,32). The number of hydrogen-bond acceptors (Lipinski definition) is 5. The molecule has 0 aliphatic rings. The van der Waals surface area contributed by atoms with Gasteiger partial charge in [0.05, 0.1) is 17.9 Å². The highest BCUT2D eigenvalue weighted by Gasteiger charge is 2.31. The molecule has 2 heterocycles. The third-order valence-electron chi connectivity index (χ3n) is 4.61. The van der Waals surface area contributed by atoms with Crippen molar-refractivity contribution >= 4 is 23.4 Å². The van der Waals surface area contributed by atoms with E-state index in [1.165, 1.54) is 0 Å². The molecular formula is C23H18F3N5OS. The molecule has 168 valence electrons. The molecule has 0 bridgehead atoms. The maximum atomic E-state index is 13.2. The average Bonchev–Trinajstić information content (AvgIpc) is 3.21. The van der Waals surface area contributed by atoms with Crippen molar-refractivity contribution in [3.63, 3.8) is 0 Å². The summed E-state index contributed by atoms with van der Waals surface area (Å²) in [6.07, 6.45) is -3.41. The predicted octanol–water partition coefficient (Wildman–Crippen LogP) is 5.14. The Kier molecular flexibility index (Phi) is 6.74. The van der Waals surface area contributed by atoms with Crippen molar-refractivity contribution in [2.45, 2.75) is 17.9 Å². The molecule has 0 aliphatic heterocycles. The normalized spacial score (nSPS) is 11.4. The van der Waals surface area contributed by atoms with Gasteiger partial charge in [0.1, 0.15) is 5.69 Å². The van der Waals surface area contributed by atoms with E-state index in [1.807, 2.05) is 48.5 Å². The summed E-state index contributed by atoms with van der Waals surface area (Å²) in [4.78, 5) is 16.4. The molecular weight excluding hydrogens is 451 g/mol. The Balaban J connectivity index is 1.61. The Morgan fingerprint density at radius 3 is 2.36 bits per heavy atom. The molecule has 0 spiro atoms. The van der Waals surface area contributed by atoms with Crippen LogP contribution in [0, 0.1) is 0 Å². The van der Waals surface area contributed by atoms with Crippen molar-refractivity contribution in [2.75, 3.05) is 11.1 Å². The molecule has 0 fully saturated rings. The fourth-order valence-corrected chi connectivity index (χ4v) is 3.81. The molecule has 0 atom stereocenters. The second-order valence-corrected chi connectivity index (χ2v) is 7.95. The smallest absolute Gasteiger partial charge is 0.325 e. The van der Waals surface area contributed by atoms with E-state index in [1.54, 1.807) is 16.7 Å². The van der Waals surface area contributed by atoms with E-state index in [9.17, 15) is 18.0 Å². The van der Waals surface area contributed by atoms with Gasteiger partial charge in [-0.2, -0.15) is 13.2 Å². The second-order valence-electron chi connectivity index (χ2n) is 7.01. The lowest BCUT2D eigenvalue weighted by molar-refractivity contribution is -0.137. The molecule has 1 amide bonds. The van der Waals surface area contributed by atoms with Gasteiger partial charge in [-0.3, -0.25) is 14.3 Å². The zero-order valence-electron chi connectivity index (χ0n) is 17.2. The largest absolute Gasteiger partial charge is 0.416 e. The topological polar surface area (TPSA) is 72.7 Å². The van der Waals surface area contributed by atoms with E-state index in [-0.39, 0.29) is 23.2 Å². The summed E-state index contributed by atoms with van der Waals surface area (Å²) in [6, 6.07) is 20.3. The Morgan fingerprint density at radius 2 is 1.67 bits per heavy atom. The maximum Gasteiger partial charge on any atom is 0.416 e. The highest BCUT2D eigenvalue weighted by atomic mass is 32.2. The van der Waals surface area contributed by atoms with Gasteiger partial charge in [-0.05, 0) is 29.8 Å². The molecule has 0 unspecified atom stereocenters. The molecule has 0 saturated carbocycles. The molecule has 0 radical (unpaired) electrons. The quantitative estimate of drug-likeness (QED) is 0.380. The summed E-state index contributed by atoms with van der Waals surface area (Å²) in [7, 11) is 0. The average molecular weight is 469 g/mol. The fraction of sp³-hybridized carbons (Fsp3) is 0.130. The monoisotopic (exact) mass is 469 g/mol. The minimum atomic E-state index is -4.50. The van der Waals surface area contributed by atoms with E-state index in [4.69, 9.17) is 0 Å². The summed E-state index contributed by atoms with van der Waals surface area (Å²) >= 11 is 1.15. The number of pyridine rings is 1. The van der Waals surface area contributed by atoms with Crippen LogP contribution in [0.25, 0.3) is 11.5 Å². The first kappa shape index (κ1) is 22.5. The Morgan fingerprint density at radius 1 is 0.970 bits per heavy atom. The number of carbonyl (C=O) groups excluding carboxylic acids is 1. The molecule has 10 heteroatoms. The highest BCUT2D eigenvalue weighted by Crippen LogP contribution is 2.32. The van der Waals surface area contributed by atoms with E-state index in [0.29, 0.717) is 17.4 Å². The van der Waals surface area contributed by atoms with Crippen LogP contribution < -0.4 is 5.32 Å². The van der Waals surface area contributed by atoms with Crippen molar-refractivity contribution in [3.05, 3.63) is 90.1 Å². The van der Waals surface area contributed by atoms with Crippen molar-refractivity contribution in [3.8, 4) is 11.5 Å². The molecule has 1 N–H and O–H groups in total. The van der Waals surface area contributed by atoms with Crippen LogP contribution in [0.5, 0.6) is 0 Å². The molecule has 2 aromatic heterocycles. The molecule has 4 rings (SSSR count). The van der Waals surface area contributed by atoms with Crippen molar-refractivity contribution < 1.29 is 18.0 Å². The van der Waals surface area contributed by atoms with Crippen molar-refractivity contribution in [2.24, 2.45) is 0 Å². The Bertz CT molecular complexity index is 1230. The number of anilines is 1. The van der Waals surface area contributed by atoms with Crippen molar-refractivity contribution in [1.29, 1.82) is 0 Å². The van der Waals surface area contributed by atoms with E-state index >= 15 is 0 Å². The lowest BCUT2D eigenvalue weighted by atomic mass is 10.2. The Hall–Kier alpha value is -3.66. The van der Waals surface area contributed by atoms with Gasteiger partial charge in [0.15, 0.2) is 11.0 Å². The number of hydrogen-bond donors (Lipinski definition) is 1. The van der Waals surface area contributed by atoms with Crippen molar-refractivity contribution in [1.82, 2.24) is 19.7 Å². The number of para-hydroxylation sites is 1. The zero-order chi connectivity index (χ0) is 23.3. The van der Waals surface area contributed by atoms with Gasteiger partial charge in [0, 0.05) is 11.9 Å². The number of carbonyl (C=O) groups is 1. The van der Waals surface area contributed by atoms with Crippen LogP contribution in [-0.4, -0.2) is 31.4 Å². The summed E-state index contributed by atoms with van der Waals surface area (Å²) < 4.78 is 41.3. The minimum absolute atomic E-state index is 0.0499. The summed E-state index contributed by atoms with van der Waals surface area (Å²) in [5, 5.41) is 11.4. The van der Waals surface area contributed by atoms with Gasteiger partial charge >= 0.3 is 6.18 Å². The minimum Gasteiger partial charge on any atom is -0.325 e. The van der Waals surface area contributed by atoms with Gasteiger partial charge in [-0.25, -0.2) is 0 Å². The van der Waals surface area contributed by atoms with Crippen LogP contribution >= 0.6 is 11.8 Å². The van der Waals surface area contributed by atoms with E-state index < -0.39 is 11.7 Å². The number of nitrogens with one attached hydrogen (secondary N) is 1. The molecule has 4 aromatic rings. The SMILES string of the molecule is O=C(CSc1nnc(-c2cc(C(F)(F)F)ccn2)n1Cc1ccccc1)Nc1ccccc1. The van der Waals surface area contributed by atoms with Crippen LogP contribution in [0.2, 0.25) is 0 Å². The van der Waals surface area contributed by atoms with Gasteiger partial charge < -0.3 is 5.32 Å². The summed E-state index contributed by atoms with van der Waals surface area (Å²) in [6.45, 7) is 0.309. The van der Waals surface area contributed by atoms with Gasteiger partial charge in [-0.15, -0.1) is 10.2 Å². The zero-order valence-corrected chi connectivity index (χ0v) is 18.0. The summed E-state index contributed by atoms with van der Waals surface area (Å²) in [5.41, 5.74) is 0.802. The molecule has 33 heavy (non-hydrogen) atoms. The molecule has 0 aliphatic carbocycles. The third kappa shape index (κ3) is 5.78. The van der Waals surface area contributed by atoms with Gasteiger partial charge in [0.25, 0.3) is 0 Å². The van der Waals surface area contributed by atoms with Gasteiger partial charge in [0.2, 0.25) is 5.91 Å². The van der Waals surface area contributed by atoms with E-state index in [2.05, 4.69) is 20.5 Å². The first-order valence-electron chi connectivity index (χ1n) is 9.88. The van der Waals surface area contributed by atoms with Crippen LogP contribution in [-0.2, 0) is 17.5 Å². The van der Waals surface area contributed by atoms with E-state index in [0.717, 1.165) is 35.7 Å². The lowest BCUT2D eigenvalue weighted by Gasteiger charge is -2.12. The first-order valence-corrected chi connectivity index (χ1v) is 10.9. The number of halogens is 3. The number of nitrogens with zero attached hydrogens (tertiary/aromatic N) is 4. The number of thioether (sulfide) groups is 1. The van der Waals surface area contributed by atoms with Crippen LogP contribution in [0.1, 0.15) is 11.1 Å². The number of alkyl halides is 3. The maximum absolute atomic E-state index is 13.2. The molecule has 6 nitrogen and oxygen atoms in total. The van der Waals surface area contributed by atoms with Crippen LogP contribution in [0.15, 0.2) is 84.1 Å². The number of amides is 1. The predicted molar refractivity (Wildman–Crippen MR) is 120 cm³/mol. The summed E-state index contributed by atoms with van der Waals surface area (Å²) in [5.74, 6) is 0.00723. The lowest BCUT2D eigenvalue weighted by Crippen LogP contribution is -2.14. The second kappa shape index (κ2) is 9.86. The third-order valence-corrected chi connectivity index (χ3v) is 5.57. The Labute approximate surface area is 191 Å². The number of aromatic nitrogens is 4. The first-order chi connectivity index (χ1) is 15.9.